The fraction of sp³-hybridized carbons (Fsp3) is 0.231. The summed E-state index contributed by atoms with van der Waals surface area (Å²) in [5.41, 5.74) is 0.489. The number of rotatable bonds is 5. The molecule has 0 bridgehead atoms. The van der Waals surface area contributed by atoms with Crippen LogP contribution < -0.4 is 5.32 Å². The van der Waals surface area contributed by atoms with E-state index < -0.39 is 0 Å². The van der Waals surface area contributed by atoms with Crippen molar-refractivity contribution in [2.45, 2.75) is 6.92 Å². The van der Waals surface area contributed by atoms with E-state index in [2.05, 4.69) is 11.9 Å². The molecular formula is C13H15FN2O2. The number of benzene rings is 1. The molecular weight excluding hydrogens is 235 g/mol. The first-order chi connectivity index (χ1) is 8.52. The van der Waals surface area contributed by atoms with Crippen molar-refractivity contribution in [1.82, 2.24) is 4.90 Å². The maximum absolute atomic E-state index is 12.7. The van der Waals surface area contributed by atoms with Crippen LogP contribution in [0.1, 0.15) is 6.92 Å². The number of amides is 2. The first kappa shape index (κ1) is 13.9. The van der Waals surface area contributed by atoms with Gasteiger partial charge in [0.2, 0.25) is 11.8 Å². The molecule has 1 aromatic rings. The molecule has 0 heterocycles. The molecule has 1 N–H and O–H groups in total. The van der Waals surface area contributed by atoms with Crippen LogP contribution in [0.15, 0.2) is 36.9 Å². The molecule has 5 heteroatoms. The summed E-state index contributed by atoms with van der Waals surface area (Å²) in [4.78, 5) is 24.2. The monoisotopic (exact) mass is 250 g/mol. The van der Waals surface area contributed by atoms with E-state index in [-0.39, 0.29) is 24.2 Å². The largest absolute Gasteiger partial charge is 0.330 e. The van der Waals surface area contributed by atoms with Crippen LogP contribution in [0, 0.1) is 5.82 Å². The Morgan fingerprint density at radius 2 is 2.00 bits per heavy atom. The quantitative estimate of drug-likeness (QED) is 0.810. The second kappa shape index (κ2) is 6.54. The third kappa shape index (κ3) is 4.37. The minimum Gasteiger partial charge on any atom is -0.330 e. The highest BCUT2D eigenvalue weighted by Crippen LogP contribution is 2.08. The molecule has 0 aliphatic heterocycles. The summed E-state index contributed by atoms with van der Waals surface area (Å²) in [5, 5.41) is 2.58. The Balaban J connectivity index is 2.57. The zero-order valence-corrected chi connectivity index (χ0v) is 10.1. The fourth-order valence-corrected chi connectivity index (χ4v) is 1.37. The van der Waals surface area contributed by atoms with E-state index in [1.54, 1.807) is 6.08 Å². The first-order valence-electron chi connectivity index (χ1n) is 5.44. The maximum atomic E-state index is 12.7. The van der Waals surface area contributed by atoms with Gasteiger partial charge in [-0.3, -0.25) is 9.59 Å². The van der Waals surface area contributed by atoms with Crippen molar-refractivity contribution in [2.24, 2.45) is 0 Å². The molecule has 0 aliphatic rings. The number of hydrogen-bond acceptors (Lipinski definition) is 2. The Hall–Kier alpha value is -2.17. The van der Waals surface area contributed by atoms with Crippen molar-refractivity contribution in [3.05, 3.63) is 42.7 Å². The number of hydrogen-bond donors (Lipinski definition) is 1. The lowest BCUT2D eigenvalue weighted by atomic mass is 10.3. The molecule has 0 unspecified atom stereocenters. The van der Waals surface area contributed by atoms with Gasteiger partial charge in [0, 0.05) is 19.2 Å². The lowest BCUT2D eigenvalue weighted by molar-refractivity contribution is -0.132. The summed E-state index contributed by atoms with van der Waals surface area (Å²) >= 11 is 0. The number of carbonyl (C=O) groups excluding carboxylic acids is 2. The van der Waals surface area contributed by atoms with Gasteiger partial charge in [-0.2, -0.15) is 0 Å². The number of halogens is 1. The fourth-order valence-electron chi connectivity index (χ4n) is 1.37. The normalized spacial score (nSPS) is 9.67. The van der Waals surface area contributed by atoms with Crippen LogP contribution in [0.3, 0.4) is 0 Å². The van der Waals surface area contributed by atoms with E-state index in [0.717, 1.165) is 0 Å². The van der Waals surface area contributed by atoms with Gasteiger partial charge in [-0.05, 0) is 24.3 Å². The van der Waals surface area contributed by atoms with E-state index in [0.29, 0.717) is 12.2 Å². The molecule has 0 saturated heterocycles. The predicted molar refractivity (Wildman–Crippen MR) is 67.5 cm³/mol. The van der Waals surface area contributed by atoms with Crippen LogP contribution in [0.25, 0.3) is 0 Å². The molecule has 1 aromatic carbocycles. The van der Waals surface area contributed by atoms with Crippen LogP contribution in [-0.4, -0.2) is 29.8 Å². The second-order valence-corrected chi connectivity index (χ2v) is 3.74. The molecule has 4 nitrogen and oxygen atoms in total. The number of anilines is 1. The van der Waals surface area contributed by atoms with Gasteiger partial charge in [0.05, 0.1) is 0 Å². The molecule has 1 rings (SSSR count). The smallest absolute Gasteiger partial charge is 0.244 e. The van der Waals surface area contributed by atoms with Crippen LogP contribution in [0.4, 0.5) is 10.1 Å². The average Bonchev–Trinajstić information content (AvgIpc) is 2.31. The van der Waals surface area contributed by atoms with Crippen molar-refractivity contribution in [2.75, 3.05) is 18.4 Å². The van der Waals surface area contributed by atoms with Gasteiger partial charge < -0.3 is 10.2 Å². The molecule has 0 saturated carbocycles. The zero-order chi connectivity index (χ0) is 13.5. The number of nitrogens with one attached hydrogen (secondary N) is 1. The highest BCUT2D eigenvalue weighted by Gasteiger charge is 2.12. The lowest BCUT2D eigenvalue weighted by Crippen LogP contribution is -2.36. The van der Waals surface area contributed by atoms with Gasteiger partial charge in [-0.15, -0.1) is 6.58 Å². The third-order valence-corrected chi connectivity index (χ3v) is 2.26. The molecule has 2 amide bonds. The van der Waals surface area contributed by atoms with E-state index >= 15 is 0 Å². The van der Waals surface area contributed by atoms with Crippen LogP contribution in [0.2, 0.25) is 0 Å². The Morgan fingerprint density at radius 1 is 1.39 bits per heavy atom. The van der Waals surface area contributed by atoms with Gasteiger partial charge in [-0.1, -0.05) is 6.08 Å². The third-order valence-electron chi connectivity index (χ3n) is 2.26. The minimum absolute atomic E-state index is 0.0568. The molecule has 0 fully saturated rings. The van der Waals surface area contributed by atoms with E-state index in [4.69, 9.17) is 0 Å². The van der Waals surface area contributed by atoms with Gasteiger partial charge in [0.25, 0.3) is 0 Å². The zero-order valence-electron chi connectivity index (χ0n) is 10.1. The van der Waals surface area contributed by atoms with Gasteiger partial charge in [-0.25, -0.2) is 4.39 Å². The lowest BCUT2D eigenvalue weighted by Gasteiger charge is -2.18. The van der Waals surface area contributed by atoms with Gasteiger partial charge in [0.1, 0.15) is 12.4 Å². The Labute approximate surface area is 105 Å². The standard InChI is InChI=1S/C13H15FN2O2/c1-3-8-16(10(2)17)9-13(18)15-12-6-4-11(14)5-7-12/h3-7H,1,8-9H2,2H3,(H,15,18). The van der Waals surface area contributed by atoms with Crippen LogP contribution >= 0.6 is 0 Å². The maximum Gasteiger partial charge on any atom is 0.244 e. The van der Waals surface area contributed by atoms with Crippen molar-refractivity contribution < 1.29 is 14.0 Å². The minimum atomic E-state index is -0.370. The molecule has 0 radical (unpaired) electrons. The summed E-state index contributed by atoms with van der Waals surface area (Å²) in [7, 11) is 0. The Morgan fingerprint density at radius 3 is 2.50 bits per heavy atom. The van der Waals surface area contributed by atoms with Crippen LogP contribution in [0.5, 0.6) is 0 Å². The number of carbonyl (C=O) groups is 2. The highest BCUT2D eigenvalue weighted by molar-refractivity contribution is 5.94. The topological polar surface area (TPSA) is 49.4 Å². The molecule has 0 spiro atoms. The van der Waals surface area contributed by atoms with Crippen molar-refractivity contribution in [3.8, 4) is 0 Å². The summed E-state index contributed by atoms with van der Waals surface area (Å²) in [6, 6.07) is 5.42. The van der Waals surface area contributed by atoms with Crippen molar-refractivity contribution in [3.63, 3.8) is 0 Å². The van der Waals surface area contributed by atoms with Crippen molar-refractivity contribution >= 4 is 17.5 Å². The number of nitrogens with zero attached hydrogens (tertiary/aromatic N) is 1. The van der Waals surface area contributed by atoms with Gasteiger partial charge >= 0.3 is 0 Å². The molecule has 96 valence electrons. The average molecular weight is 250 g/mol. The summed E-state index contributed by atoms with van der Waals surface area (Å²) in [6.45, 7) is 5.16. The predicted octanol–water partition coefficient (Wildman–Crippen LogP) is 1.80. The highest BCUT2D eigenvalue weighted by atomic mass is 19.1. The second-order valence-electron chi connectivity index (χ2n) is 3.74. The van der Waals surface area contributed by atoms with E-state index in [1.165, 1.54) is 36.1 Å². The summed E-state index contributed by atoms with van der Waals surface area (Å²) < 4.78 is 12.7. The Kier molecular flexibility index (Phi) is 5.05. The molecule has 0 atom stereocenters. The summed E-state index contributed by atoms with van der Waals surface area (Å²) in [6.07, 6.45) is 1.55. The molecule has 0 aliphatic carbocycles. The molecule has 18 heavy (non-hydrogen) atoms. The van der Waals surface area contributed by atoms with Crippen LogP contribution in [-0.2, 0) is 9.59 Å². The summed E-state index contributed by atoms with van der Waals surface area (Å²) in [5.74, 6) is -0.909. The van der Waals surface area contributed by atoms with Crippen molar-refractivity contribution in [1.29, 1.82) is 0 Å². The van der Waals surface area contributed by atoms with Gasteiger partial charge in [0.15, 0.2) is 0 Å². The SMILES string of the molecule is C=CCN(CC(=O)Nc1ccc(F)cc1)C(C)=O. The van der Waals surface area contributed by atoms with E-state index in [1.807, 2.05) is 0 Å². The first-order valence-corrected chi connectivity index (χ1v) is 5.44. The Bertz CT molecular complexity index is 443. The van der Waals surface area contributed by atoms with E-state index in [9.17, 15) is 14.0 Å². The molecule has 0 aromatic heterocycles.